The number of hydrogen-bond acceptors (Lipinski definition) is 16. The Bertz CT molecular complexity index is 2380. The van der Waals surface area contributed by atoms with Crippen molar-refractivity contribution in [3.63, 3.8) is 0 Å². The third kappa shape index (κ3) is 8.03. The van der Waals surface area contributed by atoms with Gasteiger partial charge in [-0.3, -0.25) is 22.7 Å². The van der Waals surface area contributed by atoms with Crippen molar-refractivity contribution in [1.82, 2.24) is 39.0 Å². The molecular weight excluding hydrogens is 840 g/mol. The van der Waals surface area contributed by atoms with Gasteiger partial charge in [0.2, 0.25) is 5.88 Å². The maximum atomic E-state index is 16.6. The Balaban J connectivity index is 1.15. The van der Waals surface area contributed by atoms with Gasteiger partial charge in [0.1, 0.15) is 49.2 Å². The van der Waals surface area contributed by atoms with Crippen molar-refractivity contribution in [2.45, 2.75) is 101 Å². The van der Waals surface area contributed by atoms with Crippen molar-refractivity contribution < 1.29 is 45.5 Å². The van der Waals surface area contributed by atoms with Gasteiger partial charge in [-0.1, -0.05) is 75.6 Å². The molecule has 10 atom stereocenters. The minimum atomic E-state index is -4.45. The molecule has 2 bridgehead atoms. The van der Waals surface area contributed by atoms with Crippen LogP contribution in [0.4, 0.5) is 10.2 Å². The number of anilines is 1. The normalized spacial score (nSPS) is 32.6. The first-order valence-electron chi connectivity index (χ1n) is 18.0. The van der Waals surface area contributed by atoms with E-state index in [1.165, 1.54) is 29.9 Å². The van der Waals surface area contributed by atoms with Gasteiger partial charge in [-0.2, -0.15) is 4.98 Å². The van der Waals surface area contributed by atoms with Gasteiger partial charge < -0.3 is 24.2 Å². The van der Waals surface area contributed by atoms with Crippen LogP contribution in [0.3, 0.4) is 0 Å². The van der Waals surface area contributed by atoms with Gasteiger partial charge in [0.25, 0.3) is 0 Å². The fourth-order valence-electron chi connectivity index (χ4n) is 6.94. The minimum absolute atomic E-state index is 0.0513. The average molecular weight is 882 g/mol. The molecule has 3 fully saturated rings. The lowest BCUT2D eigenvalue weighted by Crippen LogP contribution is -2.49. The third-order valence-electron chi connectivity index (χ3n) is 10.8. The van der Waals surface area contributed by atoms with E-state index in [1.807, 2.05) is 64.2 Å². The van der Waals surface area contributed by atoms with Crippen molar-refractivity contribution in [3.8, 4) is 5.88 Å². The van der Waals surface area contributed by atoms with Crippen molar-refractivity contribution in [3.05, 3.63) is 61.2 Å². The smallest absolute Gasteiger partial charge is 0.386 e. The number of thiol groups is 2. The molecule has 1 aliphatic carbocycles. The van der Waals surface area contributed by atoms with Gasteiger partial charge in [0.05, 0.1) is 31.4 Å². The summed E-state index contributed by atoms with van der Waals surface area (Å²) in [7, 11) is -2.69. The second-order valence-electron chi connectivity index (χ2n) is 15.5. The molecule has 2 N–H and O–H groups in total. The molecule has 2 aliphatic heterocycles. The lowest BCUT2D eigenvalue weighted by atomic mass is 10.1. The number of fused-ring (bicyclic) bond motifs is 5. The Labute approximate surface area is 338 Å². The molecular formula is C33H42FN9O9P2S2Si. The van der Waals surface area contributed by atoms with Gasteiger partial charge in [0.15, 0.2) is 43.3 Å². The minimum Gasteiger partial charge on any atom is -0.471 e. The summed E-state index contributed by atoms with van der Waals surface area (Å²) in [6.07, 6.45) is -4.08. The number of aromatic nitrogens is 8. The predicted octanol–water partition coefficient (Wildman–Crippen LogP) is 6.66. The van der Waals surface area contributed by atoms with Crippen molar-refractivity contribution in [2.24, 2.45) is 0 Å². The van der Waals surface area contributed by atoms with E-state index < -0.39 is 77.5 Å². The SMILES string of the molecule is CC(C)(C)[Si](C)(C)OC1[C@@H]2C[C@@H](n3cnc4c(OCc5ccccc5)ncnc43)[C@@H]1OP(=O)(S)OC[C@H]1O[C@@H](n3cnc4c(N)ncnc43)[C@H](F)[C@@H]1OP(=O)(S)O2. The topological polar surface area (TPSA) is 212 Å². The second-order valence-corrected chi connectivity index (χ2v) is 26.0. The van der Waals surface area contributed by atoms with E-state index in [2.05, 4.69) is 54.4 Å². The second kappa shape index (κ2) is 15.2. The Morgan fingerprint density at radius 2 is 1.56 bits per heavy atom. The number of ether oxygens (including phenoxy) is 2. The van der Waals surface area contributed by atoms with Crippen LogP contribution in [0.5, 0.6) is 5.88 Å². The van der Waals surface area contributed by atoms with Gasteiger partial charge >= 0.3 is 13.6 Å². The van der Waals surface area contributed by atoms with Crippen LogP contribution >= 0.6 is 38.1 Å². The summed E-state index contributed by atoms with van der Waals surface area (Å²) < 4.78 is 91.7. The van der Waals surface area contributed by atoms with E-state index in [-0.39, 0.29) is 40.9 Å². The molecule has 306 valence electrons. The summed E-state index contributed by atoms with van der Waals surface area (Å²) in [5.41, 5.74) is 8.02. The summed E-state index contributed by atoms with van der Waals surface area (Å²) in [5.74, 6) is 0.322. The number of nitrogens with zero attached hydrogens (tertiary/aromatic N) is 8. The average Bonchev–Trinajstić information content (AvgIpc) is 3.91. The van der Waals surface area contributed by atoms with Crippen LogP contribution in [0.25, 0.3) is 22.3 Å². The summed E-state index contributed by atoms with van der Waals surface area (Å²) in [6, 6.07) is 8.82. The van der Waals surface area contributed by atoms with Crippen LogP contribution < -0.4 is 10.5 Å². The first kappa shape index (κ1) is 40.8. The maximum Gasteiger partial charge on any atom is 0.386 e. The van der Waals surface area contributed by atoms with Gasteiger partial charge in [0, 0.05) is 6.42 Å². The van der Waals surface area contributed by atoms with Crippen molar-refractivity contribution >= 4 is 74.6 Å². The molecule has 3 aliphatic rings. The lowest BCUT2D eigenvalue weighted by molar-refractivity contribution is -0.0503. The lowest BCUT2D eigenvalue weighted by Gasteiger charge is -2.41. The van der Waals surface area contributed by atoms with Gasteiger partial charge in [-0.05, 0) is 23.7 Å². The molecule has 0 radical (unpaired) electrons. The molecule has 24 heteroatoms. The Morgan fingerprint density at radius 3 is 2.30 bits per heavy atom. The van der Waals surface area contributed by atoms with Gasteiger partial charge in [-0.25, -0.2) is 38.4 Å². The van der Waals surface area contributed by atoms with E-state index in [0.717, 1.165) is 5.56 Å². The molecule has 0 spiro atoms. The van der Waals surface area contributed by atoms with E-state index in [0.29, 0.717) is 11.2 Å². The number of halogens is 1. The fourth-order valence-corrected chi connectivity index (χ4v) is 11.6. The predicted molar refractivity (Wildman–Crippen MR) is 214 cm³/mol. The highest BCUT2D eigenvalue weighted by Crippen LogP contribution is 2.63. The van der Waals surface area contributed by atoms with Crippen molar-refractivity contribution in [2.75, 3.05) is 12.3 Å². The quantitative estimate of drug-likeness (QED) is 0.0886. The van der Waals surface area contributed by atoms with E-state index in [9.17, 15) is 9.13 Å². The van der Waals surface area contributed by atoms with Crippen molar-refractivity contribution in [1.29, 1.82) is 0 Å². The number of nitrogens with two attached hydrogens (primary N) is 1. The third-order valence-corrected chi connectivity index (χ3v) is 18.5. The highest BCUT2D eigenvalue weighted by Gasteiger charge is 2.57. The standard InChI is InChI=1S/C33H42FN9O9P2S2Si/c1-33(2,3)57(4,5)52-27-20-11-19(42-16-41-24-30(42)38-15-39-31(24)46-12-18-9-7-6-8-10-18)25(27)50-53(44,55)47-13-21-26(51-54(45,56)49-20)22(34)32(48-21)43-17-40-23-28(35)36-14-37-29(23)43/h6-10,14-17,19-22,25-27,32H,11-13H2,1-5H3,(H,44,55)(H,45,56)(H2,35,36,37)/t19-,20+,21-,22-,25+,26-,27?,32-,53?,54?/m1/s1. The molecule has 8 rings (SSSR count). The molecule has 57 heavy (non-hydrogen) atoms. The molecule has 18 nitrogen and oxygen atoms in total. The zero-order valence-corrected chi connectivity index (χ0v) is 36.0. The van der Waals surface area contributed by atoms with Crippen LogP contribution in [0.15, 0.2) is 55.6 Å². The summed E-state index contributed by atoms with van der Waals surface area (Å²) in [4.78, 5) is 25.8. The molecule has 4 aromatic heterocycles. The Kier molecular flexibility index (Phi) is 10.9. The molecule has 3 unspecified atom stereocenters. The molecule has 5 aromatic rings. The summed E-state index contributed by atoms with van der Waals surface area (Å²) in [5, 5.41) is -0.314. The maximum absolute atomic E-state index is 16.6. The Hall–Kier alpha value is -3.01. The number of imidazole rings is 2. The van der Waals surface area contributed by atoms with E-state index in [1.54, 1.807) is 4.57 Å². The first-order chi connectivity index (χ1) is 26.9. The Morgan fingerprint density at radius 1 is 0.895 bits per heavy atom. The largest absolute Gasteiger partial charge is 0.471 e. The van der Waals surface area contributed by atoms with Crippen LogP contribution in [0.2, 0.25) is 18.1 Å². The summed E-state index contributed by atoms with van der Waals surface area (Å²) in [6.45, 7) is 1.09. The molecule has 1 saturated carbocycles. The molecule has 6 heterocycles. The zero-order chi connectivity index (χ0) is 40.5. The van der Waals surface area contributed by atoms with Crippen LogP contribution in [-0.2, 0) is 43.0 Å². The first-order valence-corrected chi connectivity index (χ1v) is 26.3. The highest BCUT2D eigenvalue weighted by atomic mass is 32.7. The summed E-state index contributed by atoms with van der Waals surface area (Å²) >= 11 is 8.75. The van der Waals surface area contributed by atoms with Crippen LogP contribution in [0, 0.1) is 0 Å². The number of benzene rings is 1. The molecule has 0 amide bonds. The zero-order valence-electron chi connectivity index (χ0n) is 31.4. The van der Waals surface area contributed by atoms with Crippen LogP contribution in [-0.4, -0.2) is 90.7 Å². The molecule has 1 aromatic carbocycles. The van der Waals surface area contributed by atoms with E-state index >= 15 is 4.39 Å². The highest BCUT2D eigenvalue weighted by molar-refractivity contribution is 8.44. The fraction of sp³-hybridized carbons (Fsp3) is 0.515. The number of nitrogen functional groups attached to an aromatic ring is 1. The van der Waals surface area contributed by atoms with Crippen LogP contribution in [0.1, 0.15) is 45.0 Å². The monoisotopic (exact) mass is 881 g/mol. The number of hydrogen-bond donors (Lipinski definition) is 3. The van der Waals surface area contributed by atoms with E-state index in [4.69, 9.17) is 37.7 Å². The molecule has 2 saturated heterocycles. The number of rotatable bonds is 7. The van der Waals surface area contributed by atoms with Gasteiger partial charge in [-0.15, -0.1) is 0 Å². The number of alkyl halides is 1.